The van der Waals surface area contributed by atoms with Crippen molar-refractivity contribution >= 4 is 35.0 Å². The van der Waals surface area contributed by atoms with E-state index in [9.17, 15) is 32.9 Å². The molecule has 0 bridgehead atoms. The Bertz CT molecular complexity index is 976. The third kappa shape index (κ3) is 5.72. The Balaban J connectivity index is 1.59. The first-order valence-corrected chi connectivity index (χ1v) is 9.81. The molecule has 1 saturated carbocycles. The predicted molar refractivity (Wildman–Crippen MR) is 104 cm³/mol. The van der Waals surface area contributed by atoms with Gasteiger partial charge in [0.05, 0.1) is 21.1 Å². The van der Waals surface area contributed by atoms with Crippen LogP contribution in [0.15, 0.2) is 47.4 Å². The highest BCUT2D eigenvalue weighted by molar-refractivity contribution is 8.00. The quantitative estimate of drug-likeness (QED) is 0.382. The number of nitrogens with zero attached hydrogens (tertiary/aromatic N) is 1. The molecular weight excluding hydrogens is 423 g/mol. The zero-order valence-electron chi connectivity index (χ0n) is 15.4. The molecule has 3 rings (SSSR count). The van der Waals surface area contributed by atoms with Gasteiger partial charge in [0.15, 0.2) is 0 Å². The van der Waals surface area contributed by atoms with E-state index in [1.165, 1.54) is 0 Å². The molecule has 2 N–H and O–H groups in total. The summed E-state index contributed by atoms with van der Waals surface area (Å²) in [7, 11) is 0. The number of nitro benzene ring substituents is 1. The van der Waals surface area contributed by atoms with E-state index in [0.29, 0.717) is 17.3 Å². The van der Waals surface area contributed by atoms with Crippen LogP contribution in [0.5, 0.6) is 0 Å². The molecule has 0 heterocycles. The third-order valence-corrected chi connectivity index (χ3v) is 5.25. The van der Waals surface area contributed by atoms with Crippen LogP contribution in [0.1, 0.15) is 28.8 Å². The molecule has 2 aromatic carbocycles. The third-order valence-electron chi connectivity index (χ3n) is 4.19. The highest BCUT2D eigenvalue weighted by Crippen LogP contribution is 2.36. The van der Waals surface area contributed by atoms with Gasteiger partial charge >= 0.3 is 6.18 Å². The molecule has 2 amide bonds. The number of amides is 2. The fourth-order valence-electron chi connectivity index (χ4n) is 2.50. The van der Waals surface area contributed by atoms with Crippen molar-refractivity contribution in [3.05, 3.63) is 63.7 Å². The fourth-order valence-corrected chi connectivity index (χ4v) is 3.30. The minimum atomic E-state index is -4.70. The lowest BCUT2D eigenvalue weighted by molar-refractivity contribution is -0.388. The number of nitrogens with one attached hydrogen (secondary N) is 2. The molecule has 0 aromatic heterocycles. The Hall–Kier alpha value is -3.08. The van der Waals surface area contributed by atoms with Gasteiger partial charge < -0.3 is 10.6 Å². The first-order valence-electron chi connectivity index (χ1n) is 8.82. The van der Waals surface area contributed by atoms with Gasteiger partial charge in [0, 0.05) is 23.4 Å². The number of hydrogen-bond acceptors (Lipinski definition) is 5. The zero-order chi connectivity index (χ0) is 21.9. The fraction of sp³-hybridized carbons (Fsp3) is 0.263. The normalized spacial score (nSPS) is 13.6. The van der Waals surface area contributed by atoms with Crippen molar-refractivity contribution in [1.29, 1.82) is 0 Å². The maximum atomic E-state index is 12.7. The van der Waals surface area contributed by atoms with E-state index < -0.39 is 28.3 Å². The van der Waals surface area contributed by atoms with Crippen LogP contribution in [-0.2, 0) is 11.0 Å². The summed E-state index contributed by atoms with van der Waals surface area (Å²) < 4.78 is 38.2. The summed E-state index contributed by atoms with van der Waals surface area (Å²) in [5, 5.41) is 16.5. The van der Waals surface area contributed by atoms with Gasteiger partial charge in [0.25, 0.3) is 11.6 Å². The summed E-state index contributed by atoms with van der Waals surface area (Å²) in [6.45, 7) is 0. The van der Waals surface area contributed by atoms with Crippen molar-refractivity contribution in [2.75, 3.05) is 11.1 Å². The van der Waals surface area contributed by atoms with Crippen molar-refractivity contribution in [3.8, 4) is 0 Å². The van der Waals surface area contributed by atoms with Crippen LogP contribution < -0.4 is 10.6 Å². The highest BCUT2D eigenvalue weighted by atomic mass is 32.2. The second-order valence-electron chi connectivity index (χ2n) is 6.60. The molecule has 0 atom stereocenters. The second kappa shape index (κ2) is 8.74. The van der Waals surface area contributed by atoms with Gasteiger partial charge in [-0.2, -0.15) is 13.2 Å². The standard InChI is InChI=1S/C19H16F3N3O4S/c20-19(21,22)12-3-8-16(15(9-12)25(28)29)30-10-17(26)23-13-4-1-11(2-5-13)18(27)24-14-6-7-14/h1-5,8-9,14H,6-7,10H2,(H,23,26)(H,24,27). The average molecular weight is 439 g/mol. The van der Waals surface area contributed by atoms with Crippen LogP contribution in [0.2, 0.25) is 0 Å². The van der Waals surface area contributed by atoms with Gasteiger partial charge in [-0.15, -0.1) is 11.8 Å². The van der Waals surface area contributed by atoms with Gasteiger partial charge in [-0.3, -0.25) is 19.7 Å². The van der Waals surface area contributed by atoms with Crippen LogP contribution in [0, 0.1) is 10.1 Å². The lowest BCUT2D eigenvalue weighted by Crippen LogP contribution is -2.25. The van der Waals surface area contributed by atoms with Gasteiger partial charge in [0.2, 0.25) is 5.91 Å². The van der Waals surface area contributed by atoms with Crippen LogP contribution in [0.3, 0.4) is 0 Å². The number of thioether (sulfide) groups is 1. The first kappa shape index (κ1) is 21.6. The Morgan fingerprint density at radius 1 is 1.13 bits per heavy atom. The van der Waals surface area contributed by atoms with E-state index in [2.05, 4.69) is 10.6 Å². The lowest BCUT2D eigenvalue weighted by Gasteiger charge is -2.09. The number of alkyl halides is 3. The molecule has 30 heavy (non-hydrogen) atoms. The number of anilines is 1. The number of halogens is 3. The van der Waals surface area contributed by atoms with E-state index in [0.717, 1.165) is 36.7 Å². The number of benzene rings is 2. The molecular formula is C19H16F3N3O4S. The molecule has 2 aromatic rings. The molecule has 0 saturated heterocycles. The van der Waals surface area contributed by atoms with Gasteiger partial charge in [0.1, 0.15) is 0 Å². The SMILES string of the molecule is O=C(CSc1ccc(C(F)(F)F)cc1[N+](=O)[O-])Nc1ccc(C(=O)NC2CC2)cc1. The largest absolute Gasteiger partial charge is 0.416 e. The molecule has 7 nitrogen and oxygen atoms in total. The minimum absolute atomic E-state index is 0.0461. The van der Waals surface area contributed by atoms with Gasteiger partial charge in [-0.05, 0) is 49.2 Å². The van der Waals surface area contributed by atoms with Crippen molar-refractivity contribution < 1.29 is 27.7 Å². The Labute approximate surface area is 173 Å². The van der Waals surface area contributed by atoms with Crippen molar-refractivity contribution in [1.82, 2.24) is 5.32 Å². The number of rotatable bonds is 7. The molecule has 158 valence electrons. The molecule has 11 heteroatoms. The number of carbonyl (C=O) groups is 2. The van der Waals surface area contributed by atoms with Crippen LogP contribution in [0.4, 0.5) is 24.5 Å². The molecule has 1 fully saturated rings. The van der Waals surface area contributed by atoms with E-state index in [-0.39, 0.29) is 22.6 Å². The molecule has 0 unspecified atom stereocenters. The van der Waals surface area contributed by atoms with Crippen LogP contribution in [-0.4, -0.2) is 28.5 Å². The maximum absolute atomic E-state index is 12.7. The number of nitro groups is 1. The second-order valence-corrected chi connectivity index (χ2v) is 7.62. The summed E-state index contributed by atoms with van der Waals surface area (Å²) in [5.74, 6) is -0.930. The summed E-state index contributed by atoms with van der Waals surface area (Å²) >= 11 is 0.759. The summed E-state index contributed by atoms with van der Waals surface area (Å²) in [6.07, 6.45) is -2.77. The molecule has 1 aliphatic rings. The Kier molecular flexibility index (Phi) is 6.30. The smallest absolute Gasteiger partial charge is 0.349 e. The first-order chi connectivity index (χ1) is 14.1. The van der Waals surface area contributed by atoms with Crippen molar-refractivity contribution in [2.24, 2.45) is 0 Å². The van der Waals surface area contributed by atoms with Crippen molar-refractivity contribution in [2.45, 2.75) is 30.0 Å². The predicted octanol–water partition coefficient (Wildman–Crippen LogP) is 4.24. The number of carbonyl (C=O) groups excluding carboxylic acids is 2. The maximum Gasteiger partial charge on any atom is 0.416 e. The van der Waals surface area contributed by atoms with Gasteiger partial charge in [-0.1, -0.05) is 0 Å². The molecule has 0 radical (unpaired) electrons. The summed E-state index contributed by atoms with van der Waals surface area (Å²) in [5.41, 5.74) is -0.970. The average Bonchev–Trinajstić information content (AvgIpc) is 3.50. The topological polar surface area (TPSA) is 101 Å². The molecule has 1 aliphatic carbocycles. The monoisotopic (exact) mass is 439 g/mol. The minimum Gasteiger partial charge on any atom is -0.349 e. The van der Waals surface area contributed by atoms with Crippen LogP contribution in [0.25, 0.3) is 0 Å². The summed E-state index contributed by atoms with van der Waals surface area (Å²) in [6, 6.07) is 8.59. The number of hydrogen-bond donors (Lipinski definition) is 2. The molecule has 0 spiro atoms. The van der Waals surface area contributed by atoms with E-state index in [4.69, 9.17) is 0 Å². The Morgan fingerprint density at radius 3 is 2.37 bits per heavy atom. The van der Waals surface area contributed by atoms with E-state index in [1.54, 1.807) is 24.3 Å². The molecule has 0 aliphatic heterocycles. The van der Waals surface area contributed by atoms with Crippen LogP contribution >= 0.6 is 11.8 Å². The van der Waals surface area contributed by atoms with E-state index >= 15 is 0 Å². The highest BCUT2D eigenvalue weighted by Gasteiger charge is 2.33. The zero-order valence-corrected chi connectivity index (χ0v) is 16.2. The lowest BCUT2D eigenvalue weighted by atomic mass is 10.2. The van der Waals surface area contributed by atoms with Gasteiger partial charge in [-0.25, -0.2) is 0 Å². The summed E-state index contributed by atoms with van der Waals surface area (Å²) in [4.78, 5) is 34.2. The Morgan fingerprint density at radius 2 is 1.80 bits per heavy atom. The van der Waals surface area contributed by atoms with Crippen molar-refractivity contribution in [3.63, 3.8) is 0 Å². The van der Waals surface area contributed by atoms with E-state index in [1.807, 2.05) is 0 Å².